The molecule has 1 atom stereocenters. The number of hydrogen-bond donors (Lipinski definition) is 1. The van der Waals surface area contributed by atoms with Gasteiger partial charge >= 0.3 is 0 Å². The first-order valence-corrected chi connectivity index (χ1v) is 7.90. The van der Waals surface area contributed by atoms with Crippen molar-refractivity contribution in [3.05, 3.63) is 42.0 Å². The Bertz CT molecular complexity index is 642. The summed E-state index contributed by atoms with van der Waals surface area (Å²) in [6.45, 7) is 4.48. The number of carbonyl (C=O) groups is 1. The average molecular weight is 329 g/mol. The van der Waals surface area contributed by atoms with Crippen molar-refractivity contribution in [3.63, 3.8) is 0 Å². The van der Waals surface area contributed by atoms with Crippen molar-refractivity contribution in [3.8, 4) is 17.1 Å². The van der Waals surface area contributed by atoms with E-state index in [0.717, 1.165) is 23.2 Å². The molecule has 24 heavy (non-hydrogen) atoms. The zero-order valence-corrected chi connectivity index (χ0v) is 14.3. The van der Waals surface area contributed by atoms with Gasteiger partial charge in [-0.1, -0.05) is 24.3 Å². The Balaban J connectivity index is 1.96. The summed E-state index contributed by atoms with van der Waals surface area (Å²) < 4.78 is 10.3. The number of aromatic nitrogens is 2. The molecule has 1 amide bonds. The molecule has 0 saturated heterocycles. The van der Waals surface area contributed by atoms with Crippen LogP contribution in [0.5, 0.6) is 5.88 Å². The van der Waals surface area contributed by atoms with Crippen molar-refractivity contribution in [2.75, 3.05) is 20.3 Å². The molecule has 0 spiro atoms. The Morgan fingerprint density at radius 1 is 1.12 bits per heavy atom. The highest BCUT2D eigenvalue weighted by atomic mass is 16.5. The molecule has 1 aromatic carbocycles. The van der Waals surface area contributed by atoms with Crippen molar-refractivity contribution in [2.45, 2.75) is 26.3 Å². The number of nitrogens with zero attached hydrogens (tertiary/aromatic N) is 2. The molecule has 6 heteroatoms. The molecule has 2 aromatic rings. The monoisotopic (exact) mass is 329 g/mol. The predicted molar refractivity (Wildman–Crippen MR) is 91.8 cm³/mol. The Labute approximate surface area is 142 Å². The van der Waals surface area contributed by atoms with E-state index in [1.165, 1.54) is 6.92 Å². The van der Waals surface area contributed by atoms with E-state index >= 15 is 0 Å². The lowest BCUT2D eigenvalue weighted by atomic mass is 10.0. The van der Waals surface area contributed by atoms with E-state index in [1.807, 2.05) is 37.3 Å². The van der Waals surface area contributed by atoms with Crippen LogP contribution in [0.3, 0.4) is 0 Å². The van der Waals surface area contributed by atoms with Gasteiger partial charge in [0.1, 0.15) is 6.61 Å². The molecule has 0 fully saturated rings. The lowest BCUT2D eigenvalue weighted by Crippen LogP contribution is -2.31. The molecule has 0 aliphatic heterocycles. The quantitative estimate of drug-likeness (QED) is 0.752. The molecule has 1 aromatic heterocycles. The van der Waals surface area contributed by atoms with E-state index in [-0.39, 0.29) is 11.9 Å². The average Bonchev–Trinajstić information content (AvgIpc) is 2.56. The van der Waals surface area contributed by atoms with E-state index < -0.39 is 0 Å². The molecule has 128 valence electrons. The summed E-state index contributed by atoms with van der Waals surface area (Å²) in [6.07, 6.45) is 0.789. The van der Waals surface area contributed by atoms with Crippen LogP contribution in [0.1, 0.15) is 19.4 Å². The summed E-state index contributed by atoms with van der Waals surface area (Å²) >= 11 is 0. The third kappa shape index (κ3) is 5.62. The van der Waals surface area contributed by atoms with Crippen LogP contribution in [0, 0.1) is 0 Å². The SMILES string of the molecule is COCCOc1ccc(-c2ccc(CC(C)NC(C)=O)cc2)nn1. The molecule has 2 rings (SSSR count). The minimum absolute atomic E-state index is 0.0118. The summed E-state index contributed by atoms with van der Waals surface area (Å²) in [6, 6.07) is 11.9. The number of nitrogens with one attached hydrogen (secondary N) is 1. The topological polar surface area (TPSA) is 73.3 Å². The number of carbonyl (C=O) groups excluding carboxylic acids is 1. The molecule has 0 radical (unpaired) electrons. The highest BCUT2D eigenvalue weighted by Crippen LogP contribution is 2.19. The second kappa shape index (κ2) is 8.98. The first-order valence-electron chi connectivity index (χ1n) is 7.90. The zero-order valence-electron chi connectivity index (χ0n) is 14.3. The number of ether oxygens (including phenoxy) is 2. The van der Waals surface area contributed by atoms with Crippen molar-refractivity contribution < 1.29 is 14.3 Å². The van der Waals surface area contributed by atoms with Gasteiger partial charge in [-0.05, 0) is 25.0 Å². The summed E-state index contributed by atoms with van der Waals surface area (Å²) in [5.74, 6) is 0.471. The van der Waals surface area contributed by atoms with Crippen LogP contribution in [0.15, 0.2) is 36.4 Å². The van der Waals surface area contributed by atoms with E-state index in [0.29, 0.717) is 19.1 Å². The van der Waals surface area contributed by atoms with Gasteiger partial charge in [0.15, 0.2) is 0 Å². The van der Waals surface area contributed by atoms with Crippen LogP contribution in [0.2, 0.25) is 0 Å². The van der Waals surface area contributed by atoms with E-state index in [4.69, 9.17) is 9.47 Å². The minimum Gasteiger partial charge on any atom is -0.474 e. The van der Waals surface area contributed by atoms with Crippen LogP contribution < -0.4 is 10.1 Å². The first-order chi connectivity index (χ1) is 11.6. The lowest BCUT2D eigenvalue weighted by Gasteiger charge is -2.12. The van der Waals surface area contributed by atoms with Gasteiger partial charge in [0.05, 0.1) is 12.3 Å². The number of methoxy groups -OCH3 is 1. The Morgan fingerprint density at radius 2 is 1.88 bits per heavy atom. The third-order valence-corrected chi connectivity index (χ3v) is 3.42. The maximum absolute atomic E-state index is 11.1. The summed E-state index contributed by atoms with van der Waals surface area (Å²) in [5, 5.41) is 11.1. The van der Waals surface area contributed by atoms with Gasteiger partial charge in [-0.25, -0.2) is 0 Å². The van der Waals surface area contributed by atoms with Crippen LogP contribution in [0.4, 0.5) is 0 Å². The van der Waals surface area contributed by atoms with Crippen LogP contribution in [0.25, 0.3) is 11.3 Å². The maximum atomic E-state index is 11.1. The Morgan fingerprint density at radius 3 is 2.46 bits per heavy atom. The van der Waals surface area contributed by atoms with Gasteiger partial charge in [0.25, 0.3) is 0 Å². The molecule has 0 aliphatic carbocycles. The molecule has 0 saturated carbocycles. The second-order valence-electron chi connectivity index (χ2n) is 5.60. The van der Waals surface area contributed by atoms with E-state index in [9.17, 15) is 4.79 Å². The van der Waals surface area contributed by atoms with Gasteiger partial charge < -0.3 is 14.8 Å². The number of hydrogen-bond acceptors (Lipinski definition) is 5. The smallest absolute Gasteiger partial charge is 0.233 e. The van der Waals surface area contributed by atoms with Gasteiger partial charge in [0.2, 0.25) is 11.8 Å². The highest BCUT2D eigenvalue weighted by molar-refractivity contribution is 5.73. The van der Waals surface area contributed by atoms with Crippen LogP contribution in [-0.2, 0) is 16.0 Å². The highest BCUT2D eigenvalue weighted by Gasteiger charge is 2.06. The molecular weight excluding hydrogens is 306 g/mol. The van der Waals surface area contributed by atoms with Crippen LogP contribution >= 0.6 is 0 Å². The largest absolute Gasteiger partial charge is 0.474 e. The number of benzene rings is 1. The second-order valence-corrected chi connectivity index (χ2v) is 5.60. The number of amides is 1. The lowest BCUT2D eigenvalue weighted by molar-refractivity contribution is -0.119. The minimum atomic E-state index is -0.0118. The predicted octanol–water partition coefficient (Wildman–Crippen LogP) is 2.24. The molecular formula is C18H23N3O3. The standard InChI is InChI=1S/C18H23N3O3/c1-13(19-14(2)22)12-15-4-6-16(7-5-15)17-8-9-18(21-20-17)24-11-10-23-3/h4-9,13H,10-12H2,1-3H3,(H,19,22). The molecule has 1 unspecified atom stereocenters. The van der Waals surface area contributed by atoms with Gasteiger partial charge in [-0.3, -0.25) is 4.79 Å². The molecule has 0 aliphatic rings. The van der Waals surface area contributed by atoms with E-state index in [2.05, 4.69) is 15.5 Å². The summed E-state index contributed by atoms with van der Waals surface area (Å²) in [5.41, 5.74) is 2.94. The third-order valence-electron chi connectivity index (χ3n) is 3.42. The molecule has 1 heterocycles. The fourth-order valence-electron chi connectivity index (χ4n) is 2.34. The van der Waals surface area contributed by atoms with E-state index in [1.54, 1.807) is 13.2 Å². The first kappa shape index (κ1) is 17.9. The van der Waals surface area contributed by atoms with Gasteiger partial charge in [-0.15, -0.1) is 10.2 Å². The van der Waals surface area contributed by atoms with Gasteiger partial charge in [0, 0.05) is 31.7 Å². The van der Waals surface area contributed by atoms with Crippen molar-refractivity contribution in [2.24, 2.45) is 0 Å². The summed E-state index contributed by atoms with van der Waals surface area (Å²) in [4.78, 5) is 11.1. The Kier molecular flexibility index (Phi) is 6.69. The zero-order chi connectivity index (χ0) is 17.4. The van der Waals surface area contributed by atoms with Gasteiger partial charge in [-0.2, -0.15) is 0 Å². The molecule has 1 N–H and O–H groups in total. The molecule has 6 nitrogen and oxygen atoms in total. The van der Waals surface area contributed by atoms with Crippen molar-refractivity contribution >= 4 is 5.91 Å². The Hall–Kier alpha value is -2.47. The number of rotatable bonds is 8. The van der Waals surface area contributed by atoms with Crippen molar-refractivity contribution in [1.29, 1.82) is 0 Å². The fraction of sp³-hybridized carbons (Fsp3) is 0.389. The normalized spacial score (nSPS) is 11.8. The summed E-state index contributed by atoms with van der Waals surface area (Å²) in [7, 11) is 1.62. The van der Waals surface area contributed by atoms with Crippen LogP contribution in [-0.4, -0.2) is 42.5 Å². The maximum Gasteiger partial charge on any atom is 0.233 e. The molecule has 0 bridgehead atoms. The fourth-order valence-corrected chi connectivity index (χ4v) is 2.34. The van der Waals surface area contributed by atoms with Crippen molar-refractivity contribution in [1.82, 2.24) is 15.5 Å².